The van der Waals surface area contributed by atoms with E-state index < -0.39 is 5.97 Å². The molecule has 0 unspecified atom stereocenters. The Morgan fingerprint density at radius 2 is 1.92 bits per heavy atom. The molecule has 128 valence electrons. The molecule has 0 spiro atoms. The third kappa shape index (κ3) is 6.83. The molecule has 5 nitrogen and oxygen atoms in total. The van der Waals surface area contributed by atoms with Crippen molar-refractivity contribution in [2.24, 2.45) is 0 Å². The zero-order chi connectivity index (χ0) is 17.2. The second-order valence-corrected chi connectivity index (χ2v) is 6.39. The van der Waals surface area contributed by atoms with E-state index in [4.69, 9.17) is 9.84 Å². The number of aliphatic carboxylic acids is 1. The molecule has 1 amide bonds. The number of carbonyl (C=O) groups excluding carboxylic acids is 1. The van der Waals surface area contributed by atoms with Crippen molar-refractivity contribution in [2.45, 2.75) is 25.7 Å². The number of aryl methyl sites for hydroxylation is 1. The summed E-state index contributed by atoms with van der Waals surface area (Å²) in [5.41, 5.74) is 1.07. The normalized spacial score (nSPS) is 10.3. The molecular weight excluding hydrogens is 326 g/mol. The molecule has 24 heavy (non-hydrogen) atoms. The van der Waals surface area contributed by atoms with Gasteiger partial charge in [0.1, 0.15) is 5.75 Å². The van der Waals surface area contributed by atoms with Crippen molar-refractivity contribution in [3.05, 3.63) is 52.2 Å². The van der Waals surface area contributed by atoms with Crippen molar-refractivity contribution >= 4 is 23.2 Å². The van der Waals surface area contributed by atoms with E-state index in [1.807, 2.05) is 23.6 Å². The quantitative estimate of drug-likeness (QED) is 0.693. The average Bonchev–Trinajstić information content (AvgIpc) is 3.07. The Morgan fingerprint density at radius 3 is 2.58 bits per heavy atom. The first-order valence-electron chi connectivity index (χ1n) is 7.86. The average molecular weight is 347 g/mol. The molecule has 1 heterocycles. The van der Waals surface area contributed by atoms with Crippen LogP contribution in [0.1, 0.15) is 23.3 Å². The van der Waals surface area contributed by atoms with Crippen LogP contribution in [0.25, 0.3) is 0 Å². The van der Waals surface area contributed by atoms with Gasteiger partial charge >= 0.3 is 5.97 Å². The molecule has 2 aromatic rings. The predicted molar refractivity (Wildman–Crippen MR) is 93.5 cm³/mol. The number of carboxylic acid groups (broad SMARTS) is 1. The van der Waals surface area contributed by atoms with Gasteiger partial charge in [0.25, 0.3) is 0 Å². The van der Waals surface area contributed by atoms with Gasteiger partial charge in [-0.15, -0.1) is 11.3 Å². The van der Waals surface area contributed by atoms with Crippen LogP contribution in [0.5, 0.6) is 5.75 Å². The van der Waals surface area contributed by atoms with E-state index in [9.17, 15) is 9.59 Å². The van der Waals surface area contributed by atoms with Crippen molar-refractivity contribution in [3.63, 3.8) is 0 Å². The first-order valence-corrected chi connectivity index (χ1v) is 8.74. The van der Waals surface area contributed by atoms with Crippen molar-refractivity contribution in [1.29, 1.82) is 0 Å². The lowest BCUT2D eigenvalue weighted by molar-refractivity contribution is -0.139. The summed E-state index contributed by atoms with van der Waals surface area (Å²) >= 11 is 1.72. The fourth-order valence-electron chi connectivity index (χ4n) is 2.21. The highest BCUT2D eigenvalue weighted by atomic mass is 32.1. The number of hydrogen-bond donors (Lipinski definition) is 2. The van der Waals surface area contributed by atoms with Crippen molar-refractivity contribution in [3.8, 4) is 5.75 Å². The van der Waals surface area contributed by atoms with Crippen LogP contribution in [-0.4, -0.2) is 30.1 Å². The second-order valence-electron chi connectivity index (χ2n) is 5.36. The van der Waals surface area contributed by atoms with Gasteiger partial charge in [-0.1, -0.05) is 18.2 Å². The third-order valence-corrected chi connectivity index (χ3v) is 4.36. The molecule has 0 atom stereocenters. The molecule has 0 aliphatic carbocycles. The fourth-order valence-corrected chi connectivity index (χ4v) is 2.96. The van der Waals surface area contributed by atoms with E-state index in [1.54, 1.807) is 23.5 Å². The van der Waals surface area contributed by atoms with Gasteiger partial charge in [-0.2, -0.15) is 0 Å². The lowest BCUT2D eigenvalue weighted by Gasteiger charge is -2.07. The molecule has 1 aromatic carbocycles. The zero-order valence-corrected chi connectivity index (χ0v) is 14.2. The highest BCUT2D eigenvalue weighted by Gasteiger charge is 2.03. The Bertz CT molecular complexity index is 638. The van der Waals surface area contributed by atoms with Crippen LogP contribution in [0.3, 0.4) is 0 Å². The molecule has 0 aliphatic heterocycles. The topological polar surface area (TPSA) is 75.6 Å². The van der Waals surface area contributed by atoms with Crippen molar-refractivity contribution in [2.75, 3.05) is 13.2 Å². The minimum Gasteiger partial charge on any atom is -0.482 e. The molecule has 2 N–H and O–H groups in total. The molecule has 0 bridgehead atoms. The van der Waals surface area contributed by atoms with E-state index in [0.717, 1.165) is 24.8 Å². The number of nitrogens with one attached hydrogen (secondary N) is 1. The summed E-state index contributed by atoms with van der Waals surface area (Å²) in [6.45, 7) is 0.244. The summed E-state index contributed by atoms with van der Waals surface area (Å²) in [6, 6.07) is 11.3. The third-order valence-electron chi connectivity index (χ3n) is 3.43. The van der Waals surface area contributed by atoms with E-state index in [0.29, 0.717) is 18.7 Å². The highest BCUT2D eigenvalue weighted by Crippen LogP contribution is 2.13. The van der Waals surface area contributed by atoms with E-state index in [2.05, 4.69) is 11.4 Å². The Morgan fingerprint density at radius 1 is 1.12 bits per heavy atom. The number of thiophene rings is 1. The lowest BCUT2D eigenvalue weighted by atomic mass is 10.1. The molecule has 0 radical (unpaired) electrons. The minimum atomic E-state index is -0.999. The summed E-state index contributed by atoms with van der Waals surface area (Å²) in [4.78, 5) is 23.5. The maximum Gasteiger partial charge on any atom is 0.341 e. The molecule has 0 saturated carbocycles. The molecular formula is C18H21NO4S. The number of ether oxygens (including phenoxy) is 1. The lowest BCUT2D eigenvalue weighted by Crippen LogP contribution is -2.25. The summed E-state index contributed by atoms with van der Waals surface area (Å²) in [5.74, 6) is -0.396. The van der Waals surface area contributed by atoms with Crippen LogP contribution in [-0.2, 0) is 22.4 Å². The maximum atomic E-state index is 11.8. The van der Waals surface area contributed by atoms with Gasteiger partial charge < -0.3 is 15.2 Å². The second kappa shape index (κ2) is 9.72. The van der Waals surface area contributed by atoms with E-state index in [-0.39, 0.29) is 12.5 Å². The van der Waals surface area contributed by atoms with Gasteiger partial charge in [0.2, 0.25) is 5.91 Å². The van der Waals surface area contributed by atoms with Crippen LogP contribution in [0.15, 0.2) is 41.8 Å². The van der Waals surface area contributed by atoms with Crippen LogP contribution < -0.4 is 10.1 Å². The van der Waals surface area contributed by atoms with Gasteiger partial charge in [0.15, 0.2) is 6.61 Å². The van der Waals surface area contributed by atoms with Crippen LogP contribution in [0, 0.1) is 0 Å². The number of rotatable bonds is 10. The number of hydrogen-bond acceptors (Lipinski definition) is 4. The largest absolute Gasteiger partial charge is 0.482 e. The summed E-state index contributed by atoms with van der Waals surface area (Å²) in [5, 5.41) is 13.5. The molecule has 0 saturated heterocycles. The van der Waals surface area contributed by atoms with Crippen LogP contribution >= 0.6 is 11.3 Å². The summed E-state index contributed by atoms with van der Waals surface area (Å²) in [7, 11) is 0. The number of amides is 1. The highest BCUT2D eigenvalue weighted by molar-refractivity contribution is 7.09. The Balaban J connectivity index is 1.60. The predicted octanol–water partition coefficient (Wildman–Crippen LogP) is 2.89. The summed E-state index contributed by atoms with van der Waals surface area (Å²) < 4.78 is 5.07. The zero-order valence-electron chi connectivity index (χ0n) is 13.4. The molecule has 0 aliphatic rings. The van der Waals surface area contributed by atoms with Crippen molar-refractivity contribution in [1.82, 2.24) is 5.32 Å². The van der Waals surface area contributed by atoms with Gasteiger partial charge in [-0.3, -0.25) is 4.79 Å². The number of benzene rings is 1. The first-order chi connectivity index (χ1) is 11.6. The maximum absolute atomic E-state index is 11.8. The van der Waals surface area contributed by atoms with Gasteiger partial charge in [-0.25, -0.2) is 4.79 Å². The van der Waals surface area contributed by atoms with Gasteiger partial charge in [-0.05, 0) is 48.4 Å². The monoisotopic (exact) mass is 347 g/mol. The number of carboxylic acids is 1. The fraction of sp³-hybridized carbons (Fsp3) is 0.333. The van der Waals surface area contributed by atoms with Gasteiger partial charge in [0, 0.05) is 17.8 Å². The Labute approximate surface area is 145 Å². The Hall–Kier alpha value is -2.34. The number of carbonyl (C=O) groups is 2. The van der Waals surface area contributed by atoms with Crippen molar-refractivity contribution < 1.29 is 19.4 Å². The smallest absolute Gasteiger partial charge is 0.341 e. The Kier molecular flexibility index (Phi) is 7.29. The molecule has 6 heteroatoms. The SMILES string of the molecule is O=C(O)COc1ccc(CCNC(=O)CCCc2cccs2)cc1. The first kappa shape index (κ1) is 18.0. The molecule has 1 aromatic heterocycles. The molecule has 2 rings (SSSR count). The van der Waals surface area contributed by atoms with Gasteiger partial charge in [0.05, 0.1) is 0 Å². The molecule has 0 fully saturated rings. The minimum absolute atomic E-state index is 0.0768. The van der Waals surface area contributed by atoms with Crippen LogP contribution in [0.4, 0.5) is 0 Å². The van der Waals surface area contributed by atoms with Crippen LogP contribution in [0.2, 0.25) is 0 Å². The standard InChI is InChI=1S/C18H21NO4S/c20-17(5-1-3-16-4-2-12-24-16)19-11-10-14-6-8-15(9-7-14)23-13-18(21)22/h2,4,6-9,12H,1,3,5,10-11,13H2,(H,19,20)(H,21,22). The van der Waals surface area contributed by atoms with E-state index >= 15 is 0 Å². The summed E-state index contributed by atoms with van der Waals surface area (Å²) in [6.07, 6.45) is 3.08. The van der Waals surface area contributed by atoms with E-state index in [1.165, 1.54) is 4.88 Å².